The minimum absolute atomic E-state index is 0.0551. The molecule has 0 radical (unpaired) electrons. The van der Waals surface area contributed by atoms with Crippen molar-refractivity contribution >= 4 is 5.91 Å². The number of nitrogens with zero attached hydrogens (tertiary/aromatic N) is 1. The third-order valence-electron chi connectivity index (χ3n) is 5.92. The summed E-state index contributed by atoms with van der Waals surface area (Å²) >= 11 is 0. The van der Waals surface area contributed by atoms with Crippen LogP contribution in [0.4, 0.5) is 0 Å². The number of ether oxygens (including phenoxy) is 3. The number of fused-ring (bicyclic) bond motifs is 2. The molecule has 2 aliphatic carbocycles. The number of rotatable bonds is 4. The highest BCUT2D eigenvalue weighted by molar-refractivity contribution is 5.96. The predicted molar refractivity (Wildman–Crippen MR) is 105 cm³/mol. The van der Waals surface area contributed by atoms with E-state index in [0.29, 0.717) is 42.1 Å². The van der Waals surface area contributed by atoms with Gasteiger partial charge in [0.2, 0.25) is 5.75 Å². The van der Waals surface area contributed by atoms with Crippen LogP contribution < -0.4 is 14.2 Å². The van der Waals surface area contributed by atoms with Gasteiger partial charge in [-0.3, -0.25) is 4.79 Å². The van der Waals surface area contributed by atoms with Gasteiger partial charge >= 0.3 is 0 Å². The van der Waals surface area contributed by atoms with E-state index in [2.05, 4.69) is 29.2 Å². The van der Waals surface area contributed by atoms with Crippen LogP contribution in [0.1, 0.15) is 53.2 Å². The molecule has 2 aromatic carbocycles. The van der Waals surface area contributed by atoms with Crippen LogP contribution in [0.25, 0.3) is 0 Å². The van der Waals surface area contributed by atoms with Crippen LogP contribution >= 0.6 is 0 Å². The number of carbonyl (C=O) groups is 1. The van der Waals surface area contributed by atoms with Crippen LogP contribution in [0.2, 0.25) is 0 Å². The minimum Gasteiger partial charge on any atom is -0.493 e. The average molecular weight is 379 g/mol. The second-order valence-corrected chi connectivity index (χ2v) is 7.75. The van der Waals surface area contributed by atoms with E-state index in [-0.39, 0.29) is 11.9 Å². The molecular weight excluding hydrogens is 354 g/mol. The van der Waals surface area contributed by atoms with Crippen molar-refractivity contribution in [1.29, 1.82) is 0 Å². The quantitative estimate of drug-likeness (QED) is 0.801. The molecular formula is C23H25NO4. The van der Waals surface area contributed by atoms with Crippen LogP contribution in [-0.4, -0.2) is 37.2 Å². The Bertz CT molecular complexity index is 888. The van der Waals surface area contributed by atoms with Crippen LogP contribution in [0.5, 0.6) is 17.2 Å². The zero-order valence-electron chi connectivity index (χ0n) is 16.1. The van der Waals surface area contributed by atoms with Crippen molar-refractivity contribution in [3.8, 4) is 17.2 Å². The zero-order valence-corrected chi connectivity index (χ0v) is 16.1. The fraction of sp³-hybridized carbons (Fsp3) is 0.435. The summed E-state index contributed by atoms with van der Waals surface area (Å²) in [6.45, 7) is 0.972. The molecule has 3 aliphatic rings. The maximum absolute atomic E-state index is 13.7. The third-order valence-corrected chi connectivity index (χ3v) is 5.92. The summed E-state index contributed by atoms with van der Waals surface area (Å²) in [6.07, 6.45) is 5.37. The molecule has 1 fully saturated rings. The van der Waals surface area contributed by atoms with Gasteiger partial charge in [0.15, 0.2) is 11.5 Å². The molecule has 28 heavy (non-hydrogen) atoms. The fourth-order valence-corrected chi connectivity index (χ4v) is 4.48. The molecule has 1 atom stereocenters. The monoisotopic (exact) mass is 379 g/mol. The van der Waals surface area contributed by atoms with E-state index in [1.807, 2.05) is 6.07 Å². The summed E-state index contributed by atoms with van der Waals surface area (Å²) < 4.78 is 16.9. The highest BCUT2D eigenvalue weighted by Gasteiger charge is 2.40. The minimum atomic E-state index is 0.0551. The first kappa shape index (κ1) is 17.4. The fourth-order valence-electron chi connectivity index (χ4n) is 4.48. The van der Waals surface area contributed by atoms with Gasteiger partial charge in [0.05, 0.1) is 13.2 Å². The van der Waals surface area contributed by atoms with E-state index in [4.69, 9.17) is 14.2 Å². The molecule has 5 nitrogen and oxygen atoms in total. The SMILES string of the molecule is COc1cc(C(=O)N(C2CC2)C2CCCc3ccccc32)cc2c1OCCO2. The van der Waals surface area contributed by atoms with Gasteiger partial charge in [0.25, 0.3) is 5.91 Å². The van der Waals surface area contributed by atoms with E-state index in [1.165, 1.54) is 11.1 Å². The van der Waals surface area contributed by atoms with Gasteiger partial charge in [-0.1, -0.05) is 24.3 Å². The molecule has 1 heterocycles. The smallest absolute Gasteiger partial charge is 0.254 e. The first-order chi connectivity index (χ1) is 13.8. The number of aryl methyl sites for hydroxylation is 1. The standard InChI is InChI=1S/C23H25NO4/c1-26-20-13-16(14-21-22(20)28-12-11-27-21)23(25)24(17-9-10-17)19-8-4-6-15-5-2-3-7-18(15)19/h2-3,5,7,13-14,17,19H,4,6,8-12H2,1H3. The second-order valence-electron chi connectivity index (χ2n) is 7.75. The van der Waals surface area contributed by atoms with Crippen molar-refractivity contribution in [3.05, 3.63) is 53.1 Å². The van der Waals surface area contributed by atoms with Gasteiger partial charge in [-0.15, -0.1) is 0 Å². The lowest BCUT2D eigenvalue weighted by Crippen LogP contribution is -2.38. The molecule has 5 rings (SSSR count). The van der Waals surface area contributed by atoms with Crippen molar-refractivity contribution in [1.82, 2.24) is 4.90 Å². The van der Waals surface area contributed by atoms with E-state index in [0.717, 1.165) is 32.1 Å². The molecule has 0 N–H and O–H groups in total. The molecule has 1 amide bonds. The van der Waals surface area contributed by atoms with Gasteiger partial charge < -0.3 is 19.1 Å². The summed E-state index contributed by atoms with van der Waals surface area (Å²) in [5.41, 5.74) is 3.28. The molecule has 0 aromatic heterocycles. The maximum Gasteiger partial charge on any atom is 0.254 e. The Hall–Kier alpha value is -2.69. The van der Waals surface area contributed by atoms with Crippen LogP contribution in [0.3, 0.4) is 0 Å². The van der Waals surface area contributed by atoms with Crippen molar-refractivity contribution in [2.75, 3.05) is 20.3 Å². The zero-order chi connectivity index (χ0) is 19.1. The molecule has 1 aliphatic heterocycles. The maximum atomic E-state index is 13.7. The second kappa shape index (κ2) is 7.04. The topological polar surface area (TPSA) is 48.0 Å². The Morgan fingerprint density at radius 3 is 2.75 bits per heavy atom. The predicted octanol–water partition coefficient (Wildman–Crippen LogP) is 4.15. The van der Waals surface area contributed by atoms with Crippen molar-refractivity contribution in [2.24, 2.45) is 0 Å². The molecule has 0 saturated heterocycles. The van der Waals surface area contributed by atoms with Crippen LogP contribution in [0.15, 0.2) is 36.4 Å². The molecule has 1 saturated carbocycles. The number of hydrogen-bond acceptors (Lipinski definition) is 4. The molecule has 0 spiro atoms. The Morgan fingerprint density at radius 2 is 1.93 bits per heavy atom. The lowest BCUT2D eigenvalue weighted by molar-refractivity contribution is 0.0636. The highest BCUT2D eigenvalue weighted by Crippen LogP contribution is 2.44. The summed E-state index contributed by atoms with van der Waals surface area (Å²) in [4.78, 5) is 15.8. The van der Waals surface area contributed by atoms with Gasteiger partial charge in [-0.25, -0.2) is 0 Å². The Kier molecular flexibility index (Phi) is 4.38. The van der Waals surface area contributed by atoms with E-state index >= 15 is 0 Å². The number of benzene rings is 2. The lowest BCUT2D eigenvalue weighted by atomic mass is 9.86. The summed E-state index contributed by atoms with van der Waals surface area (Å²) in [5.74, 6) is 1.79. The van der Waals surface area contributed by atoms with E-state index < -0.39 is 0 Å². The van der Waals surface area contributed by atoms with Crippen molar-refractivity contribution < 1.29 is 19.0 Å². The summed E-state index contributed by atoms with van der Waals surface area (Å²) in [6, 6.07) is 12.6. The van der Waals surface area contributed by atoms with Crippen LogP contribution in [-0.2, 0) is 6.42 Å². The number of amides is 1. The van der Waals surface area contributed by atoms with Crippen LogP contribution in [0, 0.1) is 0 Å². The average Bonchev–Trinajstić information content (AvgIpc) is 3.58. The third kappa shape index (κ3) is 2.99. The van der Waals surface area contributed by atoms with Crippen molar-refractivity contribution in [2.45, 2.75) is 44.2 Å². The van der Waals surface area contributed by atoms with E-state index in [1.54, 1.807) is 13.2 Å². The molecule has 0 bridgehead atoms. The molecule has 5 heteroatoms. The number of carbonyl (C=O) groups excluding carboxylic acids is 1. The molecule has 2 aromatic rings. The first-order valence-electron chi connectivity index (χ1n) is 10.1. The summed E-state index contributed by atoms with van der Waals surface area (Å²) in [7, 11) is 1.60. The highest BCUT2D eigenvalue weighted by atomic mass is 16.6. The van der Waals surface area contributed by atoms with Crippen molar-refractivity contribution in [3.63, 3.8) is 0 Å². The van der Waals surface area contributed by atoms with Gasteiger partial charge in [0.1, 0.15) is 13.2 Å². The molecule has 1 unspecified atom stereocenters. The normalized spacial score (nSPS) is 20.2. The number of hydrogen-bond donors (Lipinski definition) is 0. The van der Waals surface area contributed by atoms with Gasteiger partial charge in [-0.05, 0) is 55.4 Å². The van der Waals surface area contributed by atoms with Gasteiger partial charge in [0, 0.05) is 11.6 Å². The number of methoxy groups -OCH3 is 1. The Morgan fingerprint density at radius 1 is 1.11 bits per heavy atom. The molecule has 146 valence electrons. The van der Waals surface area contributed by atoms with E-state index in [9.17, 15) is 4.79 Å². The first-order valence-corrected chi connectivity index (χ1v) is 10.1. The lowest BCUT2D eigenvalue weighted by Gasteiger charge is -2.36. The summed E-state index contributed by atoms with van der Waals surface area (Å²) in [5, 5.41) is 0. The Labute approximate surface area is 165 Å². The van der Waals surface area contributed by atoms with Gasteiger partial charge in [-0.2, -0.15) is 0 Å². The Balaban J connectivity index is 1.53. The largest absolute Gasteiger partial charge is 0.493 e.